The molecule has 4 bridgehead atoms. The van der Waals surface area contributed by atoms with Gasteiger partial charge in [0, 0.05) is 11.3 Å². The van der Waals surface area contributed by atoms with E-state index in [9.17, 15) is 19.5 Å². The molecule has 4 fully saturated rings. The van der Waals surface area contributed by atoms with E-state index in [-0.39, 0.29) is 42.0 Å². The van der Waals surface area contributed by atoms with E-state index in [1.54, 1.807) is 25.1 Å². The molecule has 0 saturated heterocycles. The number of rotatable bonds is 5. The number of fused-ring (bicyclic) bond motifs is 1. The van der Waals surface area contributed by atoms with Gasteiger partial charge in [-0.05, 0) is 86.5 Å². The highest BCUT2D eigenvalue weighted by atomic mass is 16.5. The van der Waals surface area contributed by atoms with E-state index in [1.807, 2.05) is 0 Å². The minimum Gasteiger partial charge on any atom is -0.457 e. The number of amides is 1. The highest BCUT2D eigenvalue weighted by Crippen LogP contribution is 2.62. The Labute approximate surface area is 170 Å². The van der Waals surface area contributed by atoms with Gasteiger partial charge in [0.15, 0.2) is 12.4 Å². The number of aliphatic hydroxyl groups is 1. The minimum atomic E-state index is -0.604. The molecule has 154 valence electrons. The largest absolute Gasteiger partial charge is 0.457 e. The van der Waals surface area contributed by atoms with Gasteiger partial charge >= 0.3 is 5.97 Å². The first-order valence-corrected chi connectivity index (χ1v) is 10.6. The highest BCUT2D eigenvalue weighted by Gasteiger charge is 2.57. The molecular formula is C23H27NO5. The van der Waals surface area contributed by atoms with Crippen molar-refractivity contribution < 1.29 is 24.2 Å². The molecule has 29 heavy (non-hydrogen) atoms. The number of hydrogen-bond acceptors (Lipinski definition) is 5. The summed E-state index contributed by atoms with van der Waals surface area (Å²) in [4.78, 5) is 36.8. The number of hydrogen-bond donors (Lipinski definition) is 2. The van der Waals surface area contributed by atoms with Gasteiger partial charge in [-0.3, -0.25) is 14.4 Å². The lowest BCUT2D eigenvalue weighted by molar-refractivity contribution is -0.176. The maximum atomic E-state index is 12.5. The highest BCUT2D eigenvalue weighted by molar-refractivity contribution is 6.05. The predicted octanol–water partition coefficient (Wildman–Crippen LogP) is 3.19. The van der Waals surface area contributed by atoms with Gasteiger partial charge < -0.3 is 15.2 Å². The molecule has 0 aromatic heterocycles. The van der Waals surface area contributed by atoms with E-state index in [1.165, 1.54) is 6.42 Å². The van der Waals surface area contributed by atoms with Gasteiger partial charge in [0.25, 0.3) is 0 Å². The Morgan fingerprint density at radius 2 is 1.93 bits per heavy atom. The van der Waals surface area contributed by atoms with Gasteiger partial charge in [-0.2, -0.15) is 0 Å². The van der Waals surface area contributed by atoms with Crippen LogP contribution in [-0.4, -0.2) is 35.0 Å². The number of anilines is 1. The second kappa shape index (κ2) is 6.39. The third-order valence-corrected chi connectivity index (χ3v) is 7.53. The first kappa shape index (κ1) is 18.8. The van der Waals surface area contributed by atoms with Crippen molar-refractivity contribution in [2.24, 2.45) is 17.3 Å². The smallest absolute Gasteiger partial charge is 0.306 e. The van der Waals surface area contributed by atoms with Crippen molar-refractivity contribution in [3.63, 3.8) is 0 Å². The van der Waals surface area contributed by atoms with Crippen LogP contribution in [0, 0.1) is 17.3 Å². The van der Waals surface area contributed by atoms with Crippen molar-refractivity contribution >= 4 is 23.3 Å². The summed E-state index contributed by atoms with van der Waals surface area (Å²) in [5.41, 5.74) is 1.22. The Bertz CT molecular complexity index is 893. The average Bonchev–Trinajstić information content (AvgIpc) is 2.91. The molecule has 4 saturated carbocycles. The number of carbonyl (C=O) groups excluding carboxylic acids is 3. The lowest BCUT2D eigenvalue weighted by Crippen LogP contribution is -2.56. The standard InChI is InChI=1S/C23H27NO5/c1-13-17-5-16(2-3-18(17)24-21(13)27)19(25)11-29-20(26)10-22-6-14-4-15(7-22)9-23(28,8-14)12-22/h2-3,5,13-15,28H,4,6-12H2,1H3,(H,24,27)/t13-,14-,15+,22?,23?/m1/s1. The van der Waals surface area contributed by atoms with E-state index in [0.717, 1.165) is 36.9 Å². The predicted molar refractivity (Wildman–Crippen MR) is 105 cm³/mol. The molecule has 4 aliphatic carbocycles. The summed E-state index contributed by atoms with van der Waals surface area (Å²) in [6, 6.07) is 5.09. The fraction of sp³-hybridized carbons (Fsp3) is 0.609. The monoisotopic (exact) mass is 397 g/mol. The number of nitrogens with one attached hydrogen (secondary N) is 1. The van der Waals surface area contributed by atoms with Crippen LogP contribution < -0.4 is 5.32 Å². The summed E-state index contributed by atoms with van der Waals surface area (Å²) in [6.45, 7) is 1.51. The van der Waals surface area contributed by atoms with Crippen LogP contribution in [0.3, 0.4) is 0 Å². The number of ketones is 1. The van der Waals surface area contributed by atoms with Gasteiger partial charge in [0.2, 0.25) is 5.91 Å². The van der Waals surface area contributed by atoms with Crippen LogP contribution in [-0.2, 0) is 14.3 Å². The van der Waals surface area contributed by atoms with Crippen molar-refractivity contribution in [3.05, 3.63) is 29.3 Å². The molecule has 5 aliphatic rings. The second-order valence-corrected chi connectivity index (χ2v) is 9.96. The van der Waals surface area contributed by atoms with Gasteiger partial charge in [-0.25, -0.2) is 0 Å². The molecule has 6 nitrogen and oxygen atoms in total. The number of benzene rings is 1. The fourth-order valence-corrected chi connectivity index (χ4v) is 6.79. The minimum absolute atomic E-state index is 0.0757. The van der Waals surface area contributed by atoms with Crippen LogP contribution in [0.15, 0.2) is 18.2 Å². The van der Waals surface area contributed by atoms with Crippen LogP contribution in [0.25, 0.3) is 0 Å². The van der Waals surface area contributed by atoms with E-state index < -0.39 is 5.60 Å². The number of esters is 1. The van der Waals surface area contributed by atoms with Crippen molar-refractivity contribution in [2.75, 3.05) is 11.9 Å². The lowest BCUT2D eigenvalue weighted by atomic mass is 9.47. The molecule has 1 aliphatic heterocycles. The summed E-state index contributed by atoms with van der Waals surface area (Å²) in [6.07, 6.45) is 5.84. The van der Waals surface area contributed by atoms with Crippen molar-refractivity contribution in [1.29, 1.82) is 0 Å². The molecular weight excluding hydrogens is 370 g/mol. The van der Waals surface area contributed by atoms with Gasteiger partial charge in [-0.1, -0.05) is 0 Å². The Hall–Kier alpha value is -2.21. The van der Waals surface area contributed by atoms with Gasteiger partial charge in [0.05, 0.1) is 17.9 Å². The Kier molecular flexibility index (Phi) is 4.14. The van der Waals surface area contributed by atoms with E-state index in [0.29, 0.717) is 23.8 Å². The molecule has 0 spiro atoms. The first-order chi connectivity index (χ1) is 13.7. The maximum Gasteiger partial charge on any atom is 0.306 e. The fourth-order valence-electron chi connectivity index (χ4n) is 6.79. The molecule has 1 amide bonds. The molecule has 2 unspecified atom stereocenters. The first-order valence-electron chi connectivity index (χ1n) is 10.6. The van der Waals surface area contributed by atoms with Gasteiger partial charge in [-0.15, -0.1) is 0 Å². The third kappa shape index (κ3) is 3.27. The molecule has 6 rings (SSSR count). The van der Waals surface area contributed by atoms with Crippen molar-refractivity contribution in [2.45, 2.75) is 63.4 Å². The normalized spacial score (nSPS) is 36.6. The molecule has 6 heteroatoms. The summed E-state index contributed by atoms with van der Waals surface area (Å²) < 4.78 is 5.34. The Morgan fingerprint density at radius 3 is 2.62 bits per heavy atom. The quantitative estimate of drug-likeness (QED) is 0.588. The molecule has 1 aromatic carbocycles. The van der Waals surface area contributed by atoms with Crippen molar-refractivity contribution in [1.82, 2.24) is 0 Å². The van der Waals surface area contributed by atoms with Crippen LogP contribution in [0.2, 0.25) is 0 Å². The SMILES string of the molecule is C[C@H]1C(=O)Nc2ccc(C(=O)COC(=O)CC34C[C@@H]5C[C@@H](CC(O)(C5)C3)C4)cc21. The summed E-state index contributed by atoms with van der Waals surface area (Å²) in [5.74, 6) is 0.0448. The molecule has 1 aromatic rings. The average molecular weight is 397 g/mol. The van der Waals surface area contributed by atoms with Crippen LogP contribution >= 0.6 is 0 Å². The van der Waals surface area contributed by atoms with E-state index >= 15 is 0 Å². The molecule has 1 heterocycles. The Balaban J connectivity index is 1.21. The second-order valence-electron chi connectivity index (χ2n) is 9.96. The van der Waals surface area contributed by atoms with E-state index in [4.69, 9.17) is 4.74 Å². The lowest BCUT2D eigenvalue weighted by Gasteiger charge is -2.60. The van der Waals surface area contributed by atoms with E-state index in [2.05, 4.69) is 5.32 Å². The topological polar surface area (TPSA) is 92.7 Å². The zero-order chi connectivity index (χ0) is 20.4. The summed E-state index contributed by atoms with van der Waals surface area (Å²) >= 11 is 0. The summed E-state index contributed by atoms with van der Waals surface area (Å²) in [7, 11) is 0. The molecule has 2 N–H and O–H groups in total. The number of ether oxygens (including phenoxy) is 1. The third-order valence-electron chi connectivity index (χ3n) is 7.53. The molecule has 0 radical (unpaired) electrons. The summed E-state index contributed by atoms with van der Waals surface area (Å²) in [5, 5.41) is 13.6. The Morgan fingerprint density at radius 1 is 1.21 bits per heavy atom. The van der Waals surface area contributed by atoms with Crippen LogP contribution in [0.5, 0.6) is 0 Å². The zero-order valence-corrected chi connectivity index (χ0v) is 16.7. The van der Waals surface area contributed by atoms with Gasteiger partial charge in [0.1, 0.15) is 0 Å². The van der Waals surface area contributed by atoms with Crippen LogP contribution in [0.1, 0.15) is 73.7 Å². The molecule has 5 atom stereocenters. The van der Waals surface area contributed by atoms with Crippen LogP contribution in [0.4, 0.5) is 5.69 Å². The van der Waals surface area contributed by atoms with Crippen molar-refractivity contribution in [3.8, 4) is 0 Å². The number of Topliss-reactive ketones (excluding diaryl/α,β-unsaturated/α-hetero) is 1. The number of carbonyl (C=O) groups is 3. The zero-order valence-electron chi connectivity index (χ0n) is 16.7. The maximum absolute atomic E-state index is 12.5.